The average molecular weight is 306 g/mol. The summed E-state index contributed by atoms with van der Waals surface area (Å²) in [5, 5.41) is 21.1. The highest BCUT2D eigenvalue weighted by Gasteiger charge is 2.39. The standard InChI is InChI=1S/C11H18N2O6S/c14-8-4-9(12-5-8)11(17)13-1-2-20(18,19)6-7(13)3-10(15)16/h7-9,12,14H,1-6H2,(H,15,16). The van der Waals surface area contributed by atoms with Gasteiger partial charge < -0.3 is 20.4 Å². The SMILES string of the molecule is O=C(O)CC1CS(=O)(=O)CCN1C(=O)C1CC(O)CN1. The minimum atomic E-state index is -3.31. The fraction of sp³-hybridized carbons (Fsp3) is 0.818. The normalized spacial score (nSPS) is 33.0. The van der Waals surface area contributed by atoms with Crippen molar-refractivity contribution in [2.75, 3.05) is 24.6 Å². The van der Waals surface area contributed by atoms with Gasteiger partial charge in [-0.3, -0.25) is 9.59 Å². The van der Waals surface area contributed by atoms with Gasteiger partial charge in [-0.05, 0) is 6.42 Å². The Morgan fingerprint density at radius 2 is 2.05 bits per heavy atom. The smallest absolute Gasteiger partial charge is 0.305 e. The molecule has 0 bridgehead atoms. The number of aliphatic carboxylic acids is 1. The van der Waals surface area contributed by atoms with Crippen molar-refractivity contribution >= 4 is 21.7 Å². The quantitative estimate of drug-likeness (QED) is 0.541. The van der Waals surface area contributed by atoms with Crippen LogP contribution in [0.1, 0.15) is 12.8 Å². The highest BCUT2D eigenvalue weighted by molar-refractivity contribution is 7.91. The first kappa shape index (κ1) is 15.2. The summed E-state index contributed by atoms with van der Waals surface area (Å²) in [6.07, 6.45) is -0.724. The average Bonchev–Trinajstić information content (AvgIpc) is 2.73. The first-order valence-corrected chi connectivity index (χ1v) is 8.25. The molecule has 0 aromatic carbocycles. The molecule has 2 aliphatic rings. The molecule has 9 heteroatoms. The predicted molar refractivity (Wildman–Crippen MR) is 68.8 cm³/mol. The third-order valence-electron chi connectivity index (χ3n) is 3.63. The number of nitrogens with zero attached hydrogens (tertiary/aromatic N) is 1. The number of nitrogens with one attached hydrogen (secondary N) is 1. The van der Waals surface area contributed by atoms with Gasteiger partial charge in [0.15, 0.2) is 9.84 Å². The molecule has 3 unspecified atom stereocenters. The Morgan fingerprint density at radius 3 is 2.60 bits per heavy atom. The maximum Gasteiger partial charge on any atom is 0.305 e. The molecule has 2 heterocycles. The lowest BCUT2D eigenvalue weighted by atomic mass is 10.1. The van der Waals surface area contributed by atoms with E-state index >= 15 is 0 Å². The van der Waals surface area contributed by atoms with Gasteiger partial charge in [-0.2, -0.15) is 0 Å². The van der Waals surface area contributed by atoms with Gasteiger partial charge in [-0.1, -0.05) is 0 Å². The van der Waals surface area contributed by atoms with E-state index in [4.69, 9.17) is 5.11 Å². The molecular formula is C11H18N2O6S. The fourth-order valence-electron chi connectivity index (χ4n) is 2.65. The first-order chi connectivity index (χ1) is 9.28. The van der Waals surface area contributed by atoms with Crippen molar-refractivity contribution in [3.8, 4) is 0 Å². The molecule has 0 spiro atoms. The van der Waals surface area contributed by atoms with Crippen LogP contribution in [-0.2, 0) is 19.4 Å². The molecule has 0 aromatic rings. The van der Waals surface area contributed by atoms with E-state index in [9.17, 15) is 23.1 Å². The molecule has 0 radical (unpaired) electrons. The zero-order valence-electron chi connectivity index (χ0n) is 10.9. The maximum absolute atomic E-state index is 12.3. The van der Waals surface area contributed by atoms with Crippen molar-refractivity contribution in [2.24, 2.45) is 0 Å². The fourth-order valence-corrected chi connectivity index (χ4v) is 4.18. The summed E-state index contributed by atoms with van der Waals surface area (Å²) in [6.45, 7) is 0.319. The number of carboxylic acid groups (broad SMARTS) is 1. The molecule has 0 aliphatic carbocycles. The van der Waals surface area contributed by atoms with Crippen molar-refractivity contribution < 1.29 is 28.2 Å². The summed E-state index contributed by atoms with van der Waals surface area (Å²) in [4.78, 5) is 24.5. The molecule has 2 fully saturated rings. The van der Waals surface area contributed by atoms with Crippen LogP contribution in [0, 0.1) is 0 Å². The van der Waals surface area contributed by atoms with Crippen LogP contribution in [0.4, 0.5) is 0 Å². The van der Waals surface area contributed by atoms with E-state index in [1.807, 2.05) is 0 Å². The summed E-state index contributed by atoms with van der Waals surface area (Å²) in [5.41, 5.74) is 0. The number of amides is 1. The number of rotatable bonds is 3. The Labute approximate surface area is 116 Å². The van der Waals surface area contributed by atoms with Gasteiger partial charge >= 0.3 is 5.97 Å². The van der Waals surface area contributed by atoms with E-state index in [2.05, 4.69) is 5.32 Å². The van der Waals surface area contributed by atoms with Crippen molar-refractivity contribution in [2.45, 2.75) is 31.0 Å². The van der Waals surface area contributed by atoms with Crippen LogP contribution in [0.25, 0.3) is 0 Å². The highest BCUT2D eigenvalue weighted by atomic mass is 32.2. The third kappa shape index (κ3) is 3.47. The number of β-amino-alcohol motifs (C(OH)–C–C–N with tert-alkyl or cyclic N) is 1. The highest BCUT2D eigenvalue weighted by Crippen LogP contribution is 2.19. The van der Waals surface area contributed by atoms with E-state index in [1.54, 1.807) is 0 Å². The lowest BCUT2D eigenvalue weighted by Gasteiger charge is -2.36. The van der Waals surface area contributed by atoms with Crippen LogP contribution in [0.15, 0.2) is 0 Å². The molecular weight excluding hydrogens is 288 g/mol. The number of aliphatic hydroxyl groups excluding tert-OH is 1. The lowest BCUT2D eigenvalue weighted by Crippen LogP contribution is -2.56. The summed E-state index contributed by atoms with van der Waals surface area (Å²) >= 11 is 0. The zero-order valence-corrected chi connectivity index (χ0v) is 11.7. The largest absolute Gasteiger partial charge is 0.481 e. The second-order valence-corrected chi connectivity index (χ2v) is 7.48. The number of aliphatic hydroxyl groups is 1. The number of hydrogen-bond acceptors (Lipinski definition) is 6. The molecule has 3 atom stereocenters. The van der Waals surface area contributed by atoms with E-state index in [0.29, 0.717) is 6.54 Å². The second kappa shape index (κ2) is 5.66. The molecule has 2 saturated heterocycles. The number of hydrogen-bond donors (Lipinski definition) is 3. The monoisotopic (exact) mass is 306 g/mol. The van der Waals surface area contributed by atoms with Gasteiger partial charge in [0, 0.05) is 13.1 Å². The Kier molecular flexibility index (Phi) is 4.31. The van der Waals surface area contributed by atoms with Crippen LogP contribution < -0.4 is 5.32 Å². The van der Waals surface area contributed by atoms with Crippen LogP contribution >= 0.6 is 0 Å². The van der Waals surface area contributed by atoms with Crippen LogP contribution in [0.3, 0.4) is 0 Å². The summed E-state index contributed by atoms with van der Waals surface area (Å²) < 4.78 is 23.2. The Morgan fingerprint density at radius 1 is 1.35 bits per heavy atom. The molecule has 0 saturated carbocycles. The molecule has 20 heavy (non-hydrogen) atoms. The van der Waals surface area contributed by atoms with Crippen LogP contribution in [0.2, 0.25) is 0 Å². The molecule has 2 aliphatic heterocycles. The minimum absolute atomic E-state index is 0.00733. The number of carboxylic acids is 1. The third-order valence-corrected chi connectivity index (χ3v) is 5.33. The van der Waals surface area contributed by atoms with Gasteiger partial charge in [0.2, 0.25) is 5.91 Å². The van der Waals surface area contributed by atoms with E-state index in [0.717, 1.165) is 0 Å². The molecule has 0 aromatic heterocycles. The second-order valence-electron chi connectivity index (χ2n) is 5.25. The molecule has 8 nitrogen and oxygen atoms in total. The van der Waals surface area contributed by atoms with Gasteiger partial charge in [-0.25, -0.2) is 8.42 Å². The number of carbonyl (C=O) groups is 2. The number of carbonyl (C=O) groups excluding carboxylic acids is 1. The molecule has 3 N–H and O–H groups in total. The van der Waals surface area contributed by atoms with Crippen molar-refractivity contribution in [3.63, 3.8) is 0 Å². The van der Waals surface area contributed by atoms with Gasteiger partial charge in [-0.15, -0.1) is 0 Å². The van der Waals surface area contributed by atoms with Crippen molar-refractivity contribution in [3.05, 3.63) is 0 Å². The lowest BCUT2D eigenvalue weighted by molar-refractivity contribution is -0.141. The van der Waals surface area contributed by atoms with Gasteiger partial charge in [0.25, 0.3) is 0 Å². The molecule has 114 valence electrons. The molecule has 1 amide bonds. The maximum atomic E-state index is 12.3. The zero-order chi connectivity index (χ0) is 14.9. The number of sulfone groups is 1. The summed E-state index contributed by atoms with van der Waals surface area (Å²) in [6, 6.07) is -1.40. The van der Waals surface area contributed by atoms with Crippen molar-refractivity contribution in [1.82, 2.24) is 10.2 Å². The topological polar surface area (TPSA) is 124 Å². The van der Waals surface area contributed by atoms with E-state index < -0.39 is 34.0 Å². The predicted octanol–water partition coefficient (Wildman–Crippen LogP) is -2.19. The summed E-state index contributed by atoms with van der Waals surface area (Å²) in [5.74, 6) is -1.93. The van der Waals surface area contributed by atoms with Gasteiger partial charge in [0.05, 0.1) is 36.1 Å². The minimum Gasteiger partial charge on any atom is -0.481 e. The van der Waals surface area contributed by atoms with Gasteiger partial charge in [0.1, 0.15) is 0 Å². The Balaban J connectivity index is 2.11. The summed E-state index contributed by atoms with van der Waals surface area (Å²) in [7, 11) is -3.31. The first-order valence-electron chi connectivity index (χ1n) is 6.42. The van der Waals surface area contributed by atoms with Crippen LogP contribution in [0.5, 0.6) is 0 Å². The van der Waals surface area contributed by atoms with Crippen molar-refractivity contribution in [1.29, 1.82) is 0 Å². The van der Waals surface area contributed by atoms with E-state index in [1.165, 1.54) is 4.90 Å². The Hall–Kier alpha value is -1.19. The van der Waals surface area contributed by atoms with E-state index in [-0.39, 0.29) is 36.8 Å². The van der Waals surface area contributed by atoms with Crippen LogP contribution in [-0.4, -0.2) is 78.2 Å². The Bertz CT molecular complexity index is 505. The molecule has 2 rings (SSSR count).